The van der Waals surface area contributed by atoms with Crippen molar-refractivity contribution in [2.45, 2.75) is 38.8 Å². The maximum atomic E-state index is 9.48. The standard InChI is InChI=1S/C13H19Cl2NO2/c1-8(7-13(2,3)18-4)16-9-5-10(14)12(17)11(15)6-9/h5-6,8,16-17H,7H2,1-4H3. The molecule has 18 heavy (non-hydrogen) atoms. The molecule has 0 aliphatic rings. The zero-order valence-electron chi connectivity index (χ0n) is 11.1. The fourth-order valence-electron chi connectivity index (χ4n) is 1.81. The maximum Gasteiger partial charge on any atom is 0.152 e. The molecule has 2 N–H and O–H groups in total. The molecule has 0 radical (unpaired) electrons. The van der Waals surface area contributed by atoms with E-state index in [1.807, 2.05) is 13.8 Å². The normalized spacial score (nSPS) is 13.4. The van der Waals surface area contributed by atoms with E-state index in [2.05, 4.69) is 12.2 Å². The first-order valence-corrected chi connectivity index (χ1v) is 6.50. The van der Waals surface area contributed by atoms with E-state index in [-0.39, 0.29) is 27.4 Å². The van der Waals surface area contributed by atoms with Gasteiger partial charge in [-0.1, -0.05) is 23.2 Å². The van der Waals surface area contributed by atoms with Gasteiger partial charge in [0.2, 0.25) is 0 Å². The highest BCUT2D eigenvalue weighted by Crippen LogP contribution is 2.35. The van der Waals surface area contributed by atoms with Gasteiger partial charge in [0.1, 0.15) is 0 Å². The number of methoxy groups -OCH3 is 1. The van der Waals surface area contributed by atoms with Crippen molar-refractivity contribution in [1.29, 1.82) is 0 Å². The van der Waals surface area contributed by atoms with Gasteiger partial charge >= 0.3 is 0 Å². The summed E-state index contributed by atoms with van der Waals surface area (Å²) in [6.45, 7) is 6.11. The Morgan fingerprint density at radius 1 is 1.33 bits per heavy atom. The van der Waals surface area contributed by atoms with E-state index in [1.54, 1.807) is 19.2 Å². The molecule has 1 aromatic rings. The van der Waals surface area contributed by atoms with Gasteiger partial charge in [0, 0.05) is 18.8 Å². The van der Waals surface area contributed by atoms with E-state index in [9.17, 15) is 5.11 Å². The van der Waals surface area contributed by atoms with E-state index in [1.165, 1.54) is 0 Å². The fourth-order valence-corrected chi connectivity index (χ4v) is 2.29. The summed E-state index contributed by atoms with van der Waals surface area (Å²) in [6, 6.07) is 3.50. The van der Waals surface area contributed by atoms with Crippen LogP contribution in [0.5, 0.6) is 5.75 Å². The quantitative estimate of drug-likeness (QED) is 0.794. The van der Waals surface area contributed by atoms with Crippen molar-refractivity contribution in [3.8, 4) is 5.75 Å². The van der Waals surface area contributed by atoms with Crippen molar-refractivity contribution in [2.24, 2.45) is 0 Å². The van der Waals surface area contributed by atoms with Crippen molar-refractivity contribution in [3.63, 3.8) is 0 Å². The molecular weight excluding hydrogens is 273 g/mol. The third kappa shape index (κ3) is 4.23. The summed E-state index contributed by atoms with van der Waals surface area (Å²) < 4.78 is 5.38. The topological polar surface area (TPSA) is 41.5 Å². The summed E-state index contributed by atoms with van der Waals surface area (Å²) in [5.41, 5.74) is 0.582. The van der Waals surface area contributed by atoms with E-state index in [4.69, 9.17) is 27.9 Å². The minimum Gasteiger partial charge on any atom is -0.505 e. The number of phenolic OH excluding ortho intramolecular Hbond substituents is 1. The SMILES string of the molecule is COC(C)(C)CC(C)Nc1cc(Cl)c(O)c(Cl)c1. The lowest BCUT2D eigenvalue weighted by atomic mass is 10.00. The zero-order chi connectivity index (χ0) is 13.9. The summed E-state index contributed by atoms with van der Waals surface area (Å²) in [6.07, 6.45) is 0.833. The van der Waals surface area contributed by atoms with Gasteiger partial charge in [0.25, 0.3) is 0 Å². The van der Waals surface area contributed by atoms with Crippen molar-refractivity contribution < 1.29 is 9.84 Å². The van der Waals surface area contributed by atoms with Crippen LogP contribution in [0.25, 0.3) is 0 Å². The van der Waals surface area contributed by atoms with Gasteiger partial charge in [-0.25, -0.2) is 0 Å². The average Bonchev–Trinajstić information content (AvgIpc) is 2.25. The molecule has 0 amide bonds. The monoisotopic (exact) mass is 291 g/mol. The predicted octanol–water partition coefficient (Wildman–Crippen LogP) is 4.31. The molecule has 0 saturated heterocycles. The smallest absolute Gasteiger partial charge is 0.152 e. The molecule has 0 aliphatic heterocycles. The van der Waals surface area contributed by atoms with Crippen molar-refractivity contribution in [1.82, 2.24) is 0 Å². The summed E-state index contributed by atoms with van der Waals surface area (Å²) in [4.78, 5) is 0. The summed E-state index contributed by atoms with van der Waals surface area (Å²) in [5.74, 6) is -0.0891. The first-order chi connectivity index (χ1) is 8.25. The van der Waals surface area contributed by atoms with E-state index < -0.39 is 0 Å². The van der Waals surface area contributed by atoms with Crippen LogP contribution in [0.4, 0.5) is 5.69 Å². The molecule has 1 aromatic carbocycles. The van der Waals surface area contributed by atoms with Crippen LogP contribution in [0.3, 0.4) is 0 Å². The number of hydrogen-bond acceptors (Lipinski definition) is 3. The van der Waals surface area contributed by atoms with E-state index >= 15 is 0 Å². The van der Waals surface area contributed by atoms with Crippen LogP contribution in [0, 0.1) is 0 Å². The number of nitrogens with one attached hydrogen (secondary N) is 1. The van der Waals surface area contributed by atoms with Gasteiger partial charge in [-0.05, 0) is 39.3 Å². The van der Waals surface area contributed by atoms with Crippen LogP contribution in [0.2, 0.25) is 10.0 Å². The Kier molecular flexibility index (Phi) is 5.14. The molecule has 102 valence electrons. The number of ether oxygens (including phenoxy) is 1. The summed E-state index contributed by atoms with van der Waals surface area (Å²) in [5, 5.41) is 13.2. The summed E-state index contributed by atoms with van der Waals surface area (Å²) in [7, 11) is 1.70. The van der Waals surface area contributed by atoms with Gasteiger partial charge < -0.3 is 15.2 Å². The Morgan fingerprint density at radius 2 is 1.83 bits per heavy atom. The second-order valence-corrected chi connectivity index (χ2v) is 5.82. The largest absolute Gasteiger partial charge is 0.505 e. The molecule has 3 nitrogen and oxygen atoms in total. The second kappa shape index (κ2) is 6.00. The first kappa shape index (κ1) is 15.4. The van der Waals surface area contributed by atoms with Gasteiger partial charge in [-0.3, -0.25) is 0 Å². The Morgan fingerprint density at radius 3 is 2.28 bits per heavy atom. The molecule has 1 unspecified atom stereocenters. The highest BCUT2D eigenvalue weighted by molar-refractivity contribution is 6.37. The lowest BCUT2D eigenvalue weighted by molar-refractivity contribution is 0.0128. The Balaban J connectivity index is 2.74. The number of hydrogen-bond donors (Lipinski definition) is 2. The third-order valence-corrected chi connectivity index (χ3v) is 3.36. The lowest BCUT2D eigenvalue weighted by Crippen LogP contribution is -2.31. The van der Waals surface area contributed by atoms with Crippen LogP contribution >= 0.6 is 23.2 Å². The van der Waals surface area contributed by atoms with Crippen LogP contribution in [-0.2, 0) is 4.74 Å². The molecule has 0 spiro atoms. The van der Waals surface area contributed by atoms with Gasteiger partial charge in [0.05, 0.1) is 15.6 Å². The molecule has 0 heterocycles. The molecule has 0 aliphatic carbocycles. The minimum atomic E-state index is -0.197. The molecule has 0 aromatic heterocycles. The fraction of sp³-hybridized carbons (Fsp3) is 0.538. The molecule has 0 saturated carbocycles. The molecule has 1 atom stereocenters. The molecule has 1 rings (SSSR count). The van der Waals surface area contributed by atoms with Crippen molar-refractivity contribution in [3.05, 3.63) is 22.2 Å². The maximum absolute atomic E-state index is 9.48. The molecule has 0 fully saturated rings. The average molecular weight is 292 g/mol. The molecular formula is C13H19Cl2NO2. The van der Waals surface area contributed by atoms with Crippen LogP contribution in [0.15, 0.2) is 12.1 Å². The lowest BCUT2D eigenvalue weighted by Gasteiger charge is -2.27. The molecule has 0 bridgehead atoms. The number of anilines is 1. The number of benzene rings is 1. The number of phenols is 1. The van der Waals surface area contributed by atoms with Crippen LogP contribution in [0.1, 0.15) is 27.2 Å². The number of aromatic hydroxyl groups is 1. The van der Waals surface area contributed by atoms with Gasteiger partial charge in [-0.2, -0.15) is 0 Å². The second-order valence-electron chi connectivity index (χ2n) is 5.00. The van der Waals surface area contributed by atoms with Gasteiger partial charge in [0.15, 0.2) is 5.75 Å². The van der Waals surface area contributed by atoms with Crippen LogP contribution in [-0.4, -0.2) is 23.9 Å². The third-order valence-electron chi connectivity index (χ3n) is 2.78. The van der Waals surface area contributed by atoms with E-state index in [0.717, 1.165) is 12.1 Å². The zero-order valence-corrected chi connectivity index (χ0v) is 12.6. The Hall–Kier alpha value is -0.640. The Bertz CT molecular complexity index is 398. The first-order valence-electron chi connectivity index (χ1n) is 5.75. The highest BCUT2D eigenvalue weighted by Gasteiger charge is 2.20. The predicted molar refractivity (Wildman–Crippen MR) is 76.9 cm³/mol. The van der Waals surface area contributed by atoms with Crippen molar-refractivity contribution in [2.75, 3.05) is 12.4 Å². The highest BCUT2D eigenvalue weighted by atomic mass is 35.5. The van der Waals surface area contributed by atoms with Gasteiger partial charge in [-0.15, -0.1) is 0 Å². The number of rotatable bonds is 5. The molecule has 5 heteroatoms. The van der Waals surface area contributed by atoms with Crippen LogP contribution < -0.4 is 5.32 Å². The minimum absolute atomic E-state index is 0.0891. The summed E-state index contributed by atoms with van der Waals surface area (Å²) >= 11 is 11.7. The van der Waals surface area contributed by atoms with E-state index in [0.29, 0.717) is 0 Å². The Labute approximate surface area is 118 Å². The van der Waals surface area contributed by atoms with Crippen molar-refractivity contribution >= 4 is 28.9 Å². The number of halogens is 2.